The van der Waals surface area contributed by atoms with Crippen LogP contribution in [0.25, 0.3) is 0 Å². The van der Waals surface area contributed by atoms with E-state index in [2.05, 4.69) is 32.9 Å². The predicted octanol–water partition coefficient (Wildman–Crippen LogP) is 5.98. The Bertz CT molecular complexity index is 180. The third-order valence-corrected chi connectivity index (χ3v) is 4.42. The SMILES string of the molecule is CC1CCC(C)CC1.CC=CC1CCCCC1. The van der Waals surface area contributed by atoms with Gasteiger partial charge in [0.05, 0.1) is 0 Å². The van der Waals surface area contributed by atoms with Crippen molar-refractivity contribution in [3.05, 3.63) is 12.2 Å². The molecule has 0 aromatic carbocycles. The molecule has 2 saturated carbocycles. The lowest BCUT2D eigenvalue weighted by atomic mass is 9.84. The van der Waals surface area contributed by atoms with Gasteiger partial charge in [0.25, 0.3) is 0 Å². The van der Waals surface area contributed by atoms with Gasteiger partial charge in [-0.05, 0) is 37.5 Å². The lowest BCUT2D eigenvalue weighted by Gasteiger charge is -2.22. The Morgan fingerprint density at radius 1 is 0.706 bits per heavy atom. The first-order valence-electron chi connectivity index (χ1n) is 7.85. The number of hydrogen-bond donors (Lipinski definition) is 0. The third-order valence-electron chi connectivity index (χ3n) is 4.42. The number of hydrogen-bond acceptors (Lipinski definition) is 0. The summed E-state index contributed by atoms with van der Waals surface area (Å²) in [7, 11) is 0. The molecule has 0 saturated heterocycles. The maximum absolute atomic E-state index is 2.37. The first-order valence-corrected chi connectivity index (χ1v) is 7.85. The van der Waals surface area contributed by atoms with E-state index < -0.39 is 0 Å². The highest BCUT2D eigenvalue weighted by atomic mass is 14.2. The molecule has 2 rings (SSSR count). The van der Waals surface area contributed by atoms with Crippen molar-refractivity contribution in [2.75, 3.05) is 0 Å². The molecule has 2 aliphatic rings. The first-order chi connectivity index (χ1) is 8.22. The van der Waals surface area contributed by atoms with E-state index in [1.54, 1.807) is 0 Å². The Hall–Kier alpha value is -0.260. The quantitative estimate of drug-likeness (QED) is 0.492. The lowest BCUT2D eigenvalue weighted by molar-refractivity contribution is 0.308. The fourth-order valence-corrected chi connectivity index (χ4v) is 3.03. The molecule has 0 N–H and O–H groups in total. The summed E-state index contributed by atoms with van der Waals surface area (Å²) in [5.41, 5.74) is 0. The lowest BCUT2D eigenvalue weighted by Crippen LogP contribution is -2.08. The summed E-state index contributed by atoms with van der Waals surface area (Å²) in [6, 6.07) is 0. The Kier molecular flexibility index (Phi) is 7.64. The Morgan fingerprint density at radius 3 is 1.59 bits per heavy atom. The predicted molar refractivity (Wildman–Crippen MR) is 78.2 cm³/mol. The monoisotopic (exact) mass is 236 g/mol. The molecule has 100 valence electrons. The molecule has 0 spiro atoms. The maximum Gasteiger partial charge on any atom is -0.0234 e. The van der Waals surface area contributed by atoms with Crippen molar-refractivity contribution in [2.24, 2.45) is 17.8 Å². The second-order valence-corrected chi connectivity index (χ2v) is 6.29. The third kappa shape index (κ3) is 6.91. The van der Waals surface area contributed by atoms with E-state index in [1.165, 1.54) is 57.8 Å². The van der Waals surface area contributed by atoms with Crippen LogP contribution >= 0.6 is 0 Å². The summed E-state index contributed by atoms with van der Waals surface area (Å²) in [6.07, 6.45) is 17.7. The average Bonchev–Trinajstić information content (AvgIpc) is 2.36. The van der Waals surface area contributed by atoms with E-state index in [4.69, 9.17) is 0 Å². The normalized spacial score (nSPS) is 31.0. The Morgan fingerprint density at radius 2 is 1.18 bits per heavy atom. The van der Waals surface area contributed by atoms with Gasteiger partial charge >= 0.3 is 0 Å². The van der Waals surface area contributed by atoms with E-state index in [-0.39, 0.29) is 0 Å². The first kappa shape index (κ1) is 14.8. The zero-order valence-corrected chi connectivity index (χ0v) is 12.3. The molecule has 0 nitrogen and oxygen atoms in total. The molecule has 0 atom stereocenters. The van der Waals surface area contributed by atoms with Gasteiger partial charge in [0.15, 0.2) is 0 Å². The second kappa shape index (κ2) is 8.78. The van der Waals surface area contributed by atoms with Crippen molar-refractivity contribution >= 4 is 0 Å². The van der Waals surface area contributed by atoms with Gasteiger partial charge in [-0.15, -0.1) is 0 Å². The molecule has 0 unspecified atom stereocenters. The van der Waals surface area contributed by atoms with E-state index in [0.717, 1.165) is 17.8 Å². The van der Waals surface area contributed by atoms with Gasteiger partial charge in [0, 0.05) is 0 Å². The minimum absolute atomic E-state index is 0.920. The van der Waals surface area contributed by atoms with Crippen molar-refractivity contribution in [3.8, 4) is 0 Å². The molecule has 2 aliphatic carbocycles. The van der Waals surface area contributed by atoms with Gasteiger partial charge in [-0.25, -0.2) is 0 Å². The molecule has 0 heterocycles. The summed E-state index contributed by atoms with van der Waals surface area (Å²) in [4.78, 5) is 0. The topological polar surface area (TPSA) is 0 Å². The molecule has 0 aromatic heterocycles. The van der Waals surface area contributed by atoms with Crippen LogP contribution in [0.4, 0.5) is 0 Å². The Labute approximate surface area is 109 Å². The van der Waals surface area contributed by atoms with Gasteiger partial charge in [0.2, 0.25) is 0 Å². The maximum atomic E-state index is 2.37. The number of rotatable bonds is 1. The van der Waals surface area contributed by atoms with Gasteiger partial charge in [-0.1, -0.05) is 70.9 Å². The fourth-order valence-electron chi connectivity index (χ4n) is 3.03. The van der Waals surface area contributed by atoms with Crippen LogP contribution in [0.1, 0.15) is 78.6 Å². The molecule has 0 radical (unpaired) electrons. The molecule has 0 aliphatic heterocycles. The summed E-state index contributed by atoms with van der Waals surface area (Å²) in [6.45, 7) is 6.85. The average molecular weight is 236 g/mol. The molecular formula is C17H32. The summed E-state index contributed by atoms with van der Waals surface area (Å²) in [5.74, 6) is 2.96. The minimum Gasteiger partial charge on any atom is -0.0914 e. The molecule has 0 bridgehead atoms. The van der Waals surface area contributed by atoms with Crippen molar-refractivity contribution in [3.63, 3.8) is 0 Å². The fraction of sp³-hybridized carbons (Fsp3) is 0.882. The highest BCUT2D eigenvalue weighted by Gasteiger charge is 2.13. The molecule has 0 amide bonds. The van der Waals surface area contributed by atoms with Gasteiger partial charge in [0.1, 0.15) is 0 Å². The van der Waals surface area contributed by atoms with E-state index in [1.807, 2.05) is 0 Å². The summed E-state index contributed by atoms with van der Waals surface area (Å²) < 4.78 is 0. The van der Waals surface area contributed by atoms with E-state index in [9.17, 15) is 0 Å². The van der Waals surface area contributed by atoms with Crippen LogP contribution < -0.4 is 0 Å². The molecule has 0 heteroatoms. The van der Waals surface area contributed by atoms with Gasteiger partial charge in [-0.2, -0.15) is 0 Å². The van der Waals surface area contributed by atoms with E-state index >= 15 is 0 Å². The summed E-state index contributed by atoms with van der Waals surface area (Å²) in [5, 5.41) is 0. The number of allylic oxidation sites excluding steroid dienone is 2. The summed E-state index contributed by atoms with van der Waals surface area (Å²) >= 11 is 0. The van der Waals surface area contributed by atoms with Crippen molar-refractivity contribution in [1.29, 1.82) is 0 Å². The molecular weight excluding hydrogens is 204 g/mol. The zero-order valence-electron chi connectivity index (χ0n) is 12.3. The minimum atomic E-state index is 0.920. The van der Waals surface area contributed by atoms with Crippen molar-refractivity contribution < 1.29 is 0 Å². The second-order valence-electron chi connectivity index (χ2n) is 6.29. The van der Waals surface area contributed by atoms with Crippen molar-refractivity contribution in [1.82, 2.24) is 0 Å². The zero-order chi connectivity index (χ0) is 12.5. The Balaban J connectivity index is 0.000000171. The van der Waals surface area contributed by atoms with Crippen LogP contribution in [0.5, 0.6) is 0 Å². The van der Waals surface area contributed by atoms with E-state index in [0.29, 0.717) is 0 Å². The standard InChI is InChI=1S/C9H16.C8H16/c1-2-6-9-7-4-3-5-8-9;1-7-3-5-8(2)6-4-7/h2,6,9H,3-5,7-8H2,1H3;7-8H,3-6H2,1-2H3. The van der Waals surface area contributed by atoms with Crippen LogP contribution in [-0.4, -0.2) is 0 Å². The highest BCUT2D eigenvalue weighted by molar-refractivity contribution is 4.86. The van der Waals surface area contributed by atoms with Crippen molar-refractivity contribution in [2.45, 2.75) is 78.6 Å². The van der Waals surface area contributed by atoms with Crippen LogP contribution in [0.3, 0.4) is 0 Å². The highest BCUT2D eigenvalue weighted by Crippen LogP contribution is 2.27. The van der Waals surface area contributed by atoms with Crippen LogP contribution in [0.2, 0.25) is 0 Å². The van der Waals surface area contributed by atoms with Crippen LogP contribution in [-0.2, 0) is 0 Å². The van der Waals surface area contributed by atoms with Crippen LogP contribution in [0, 0.1) is 17.8 Å². The largest absolute Gasteiger partial charge is 0.0914 e. The van der Waals surface area contributed by atoms with Gasteiger partial charge < -0.3 is 0 Å². The molecule has 0 aromatic rings. The van der Waals surface area contributed by atoms with Crippen LogP contribution in [0.15, 0.2) is 12.2 Å². The van der Waals surface area contributed by atoms with Gasteiger partial charge in [-0.3, -0.25) is 0 Å². The molecule has 17 heavy (non-hydrogen) atoms. The smallest absolute Gasteiger partial charge is 0.0234 e. The molecule has 2 fully saturated rings.